The lowest BCUT2D eigenvalue weighted by Crippen LogP contribution is -2.47. The smallest absolute Gasteiger partial charge is 0.311 e. The van der Waals surface area contributed by atoms with Gasteiger partial charge in [0.05, 0.1) is 23.2 Å². The van der Waals surface area contributed by atoms with E-state index in [0.29, 0.717) is 21.3 Å². The van der Waals surface area contributed by atoms with E-state index in [9.17, 15) is 14.4 Å². The van der Waals surface area contributed by atoms with Crippen LogP contribution in [0.25, 0.3) is 0 Å². The standard InChI is InChI=1S/C16H13Cl2NO4/c1-2-23-14(21)9-7-8(20)5-6-16(9)12-10(17)3-4-11(18)13(12)19-15(16)22/h3-6,9H,2,7H2,1H3,(H,19,22)/t9-,16-/m0/s1. The lowest BCUT2D eigenvalue weighted by Gasteiger charge is -2.34. The fraction of sp³-hybridized carbons (Fsp3) is 0.312. The minimum absolute atomic E-state index is 0.120. The molecule has 1 heterocycles. The maximum absolute atomic E-state index is 12.7. The molecule has 1 aliphatic heterocycles. The van der Waals surface area contributed by atoms with Gasteiger partial charge in [0.1, 0.15) is 5.41 Å². The Bertz CT molecular complexity index is 759. The summed E-state index contributed by atoms with van der Waals surface area (Å²) in [5.74, 6) is -2.27. The van der Waals surface area contributed by atoms with E-state index in [1.165, 1.54) is 12.2 Å². The van der Waals surface area contributed by atoms with Gasteiger partial charge in [-0.2, -0.15) is 0 Å². The second-order valence-corrected chi connectivity index (χ2v) is 6.23. The van der Waals surface area contributed by atoms with Crippen LogP contribution in [0.3, 0.4) is 0 Å². The molecule has 0 radical (unpaired) electrons. The minimum Gasteiger partial charge on any atom is -0.466 e. The summed E-state index contributed by atoms with van der Waals surface area (Å²) < 4.78 is 5.07. The predicted molar refractivity (Wildman–Crippen MR) is 85.7 cm³/mol. The van der Waals surface area contributed by atoms with E-state index in [4.69, 9.17) is 27.9 Å². The van der Waals surface area contributed by atoms with Crippen molar-refractivity contribution in [1.82, 2.24) is 0 Å². The molecule has 120 valence electrons. The fourth-order valence-electron chi connectivity index (χ4n) is 3.18. The molecule has 0 unspecified atom stereocenters. The molecule has 1 aromatic carbocycles. The number of allylic oxidation sites excluding steroid dienone is 1. The van der Waals surface area contributed by atoms with E-state index >= 15 is 0 Å². The van der Waals surface area contributed by atoms with Crippen LogP contribution < -0.4 is 5.32 Å². The lowest BCUT2D eigenvalue weighted by molar-refractivity contribution is -0.153. The molecule has 7 heteroatoms. The fourth-order valence-corrected chi connectivity index (χ4v) is 3.70. The molecule has 23 heavy (non-hydrogen) atoms. The van der Waals surface area contributed by atoms with Crippen molar-refractivity contribution < 1.29 is 19.1 Å². The quantitative estimate of drug-likeness (QED) is 0.829. The highest BCUT2D eigenvalue weighted by molar-refractivity contribution is 6.38. The molecule has 0 fully saturated rings. The molecular weight excluding hydrogens is 341 g/mol. The molecule has 5 nitrogen and oxygen atoms in total. The van der Waals surface area contributed by atoms with E-state index < -0.39 is 23.2 Å². The van der Waals surface area contributed by atoms with Crippen LogP contribution in [0, 0.1) is 5.92 Å². The Morgan fingerprint density at radius 1 is 1.35 bits per heavy atom. The Kier molecular flexibility index (Phi) is 3.94. The van der Waals surface area contributed by atoms with Crippen LogP contribution in [-0.4, -0.2) is 24.3 Å². The molecule has 1 spiro atoms. The number of amides is 1. The topological polar surface area (TPSA) is 72.5 Å². The van der Waals surface area contributed by atoms with Crippen LogP contribution in [0.15, 0.2) is 24.3 Å². The average Bonchev–Trinajstić information content (AvgIpc) is 2.81. The van der Waals surface area contributed by atoms with E-state index in [0.717, 1.165) is 0 Å². The second kappa shape index (κ2) is 5.65. The van der Waals surface area contributed by atoms with Gasteiger partial charge < -0.3 is 10.1 Å². The number of halogens is 2. The summed E-state index contributed by atoms with van der Waals surface area (Å²) in [6.07, 6.45) is 2.62. The van der Waals surface area contributed by atoms with Crippen LogP contribution >= 0.6 is 23.2 Å². The summed E-state index contributed by atoms with van der Waals surface area (Å²) in [7, 11) is 0. The molecule has 2 aliphatic rings. The molecule has 0 saturated heterocycles. The second-order valence-electron chi connectivity index (χ2n) is 5.41. The summed E-state index contributed by atoms with van der Waals surface area (Å²) in [6, 6.07) is 3.14. The number of esters is 1. The number of nitrogens with one attached hydrogen (secondary N) is 1. The molecule has 0 aromatic heterocycles. The van der Waals surface area contributed by atoms with Gasteiger partial charge in [0, 0.05) is 17.0 Å². The summed E-state index contributed by atoms with van der Waals surface area (Å²) in [5.41, 5.74) is -0.590. The number of benzene rings is 1. The third-order valence-electron chi connectivity index (χ3n) is 4.19. The van der Waals surface area contributed by atoms with Crippen molar-refractivity contribution in [2.24, 2.45) is 5.92 Å². The molecule has 0 bridgehead atoms. The van der Waals surface area contributed by atoms with Gasteiger partial charge >= 0.3 is 5.97 Å². The Balaban J connectivity index is 2.25. The number of anilines is 1. The first kappa shape index (κ1) is 16.0. The number of ketones is 1. The van der Waals surface area contributed by atoms with Gasteiger partial charge in [-0.1, -0.05) is 29.3 Å². The highest BCUT2D eigenvalue weighted by Crippen LogP contribution is 2.52. The third kappa shape index (κ3) is 2.26. The number of hydrogen-bond donors (Lipinski definition) is 1. The van der Waals surface area contributed by atoms with Crippen LogP contribution in [-0.2, 0) is 24.5 Å². The maximum Gasteiger partial charge on any atom is 0.311 e. The van der Waals surface area contributed by atoms with Crippen molar-refractivity contribution in [3.63, 3.8) is 0 Å². The highest BCUT2D eigenvalue weighted by atomic mass is 35.5. The molecule has 2 atom stereocenters. The minimum atomic E-state index is -1.38. The first-order valence-corrected chi connectivity index (χ1v) is 7.86. The Morgan fingerprint density at radius 2 is 2.04 bits per heavy atom. The molecular formula is C16H13Cl2NO4. The van der Waals surface area contributed by atoms with Gasteiger partial charge in [-0.15, -0.1) is 0 Å². The third-order valence-corrected chi connectivity index (χ3v) is 4.82. The zero-order valence-electron chi connectivity index (χ0n) is 12.2. The van der Waals surface area contributed by atoms with Crippen molar-refractivity contribution in [3.05, 3.63) is 39.9 Å². The number of ether oxygens (including phenoxy) is 1. The zero-order chi connectivity index (χ0) is 16.8. The van der Waals surface area contributed by atoms with Crippen LogP contribution in [0.2, 0.25) is 10.0 Å². The molecule has 1 amide bonds. The van der Waals surface area contributed by atoms with E-state index in [1.54, 1.807) is 19.1 Å². The van der Waals surface area contributed by atoms with Crippen LogP contribution in [0.1, 0.15) is 18.9 Å². The van der Waals surface area contributed by atoms with E-state index in [2.05, 4.69) is 5.32 Å². The lowest BCUT2D eigenvalue weighted by atomic mass is 9.66. The first-order chi connectivity index (χ1) is 10.9. The van der Waals surface area contributed by atoms with Crippen molar-refractivity contribution >= 4 is 46.5 Å². The van der Waals surface area contributed by atoms with Crippen LogP contribution in [0.5, 0.6) is 0 Å². The summed E-state index contributed by atoms with van der Waals surface area (Å²) >= 11 is 12.4. The van der Waals surface area contributed by atoms with Gasteiger partial charge in [0.15, 0.2) is 5.78 Å². The molecule has 0 saturated carbocycles. The molecule has 1 N–H and O–H groups in total. The molecule has 3 rings (SSSR count). The summed E-state index contributed by atoms with van der Waals surface area (Å²) in [4.78, 5) is 36.9. The number of rotatable bonds is 2. The van der Waals surface area contributed by atoms with Gasteiger partial charge in [-0.3, -0.25) is 14.4 Å². The largest absolute Gasteiger partial charge is 0.466 e. The average molecular weight is 354 g/mol. The number of carbonyl (C=O) groups excluding carboxylic acids is 3. The Labute approximate surface area is 142 Å². The first-order valence-electron chi connectivity index (χ1n) is 7.10. The Hall–Kier alpha value is -1.85. The number of hydrogen-bond acceptors (Lipinski definition) is 4. The van der Waals surface area contributed by atoms with E-state index in [1.807, 2.05) is 0 Å². The van der Waals surface area contributed by atoms with Crippen molar-refractivity contribution in [3.8, 4) is 0 Å². The van der Waals surface area contributed by atoms with Gasteiger partial charge in [-0.25, -0.2) is 0 Å². The van der Waals surface area contributed by atoms with Crippen molar-refractivity contribution in [2.75, 3.05) is 11.9 Å². The van der Waals surface area contributed by atoms with Crippen molar-refractivity contribution in [1.29, 1.82) is 0 Å². The summed E-state index contributed by atoms with van der Waals surface area (Å²) in [6.45, 7) is 1.82. The maximum atomic E-state index is 12.7. The zero-order valence-corrected chi connectivity index (χ0v) is 13.7. The summed E-state index contributed by atoms with van der Waals surface area (Å²) in [5, 5.41) is 3.31. The SMILES string of the molecule is CCOC(=O)[C@@H]1CC(=O)C=C[C@]12C(=O)Nc1c(Cl)ccc(Cl)c12. The Morgan fingerprint density at radius 3 is 2.74 bits per heavy atom. The van der Waals surface area contributed by atoms with Gasteiger partial charge in [0.25, 0.3) is 0 Å². The predicted octanol–water partition coefficient (Wildman–Crippen LogP) is 2.89. The molecule has 1 aliphatic carbocycles. The molecule has 1 aromatic rings. The number of carbonyl (C=O) groups is 3. The van der Waals surface area contributed by atoms with Crippen molar-refractivity contribution in [2.45, 2.75) is 18.8 Å². The number of fused-ring (bicyclic) bond motifs is 2. The van der Waals surface area contributed by atoms with Gasteiger partial charge in [-0.05, 0) is 25.1 Å². The van der Waals surface area contributed by atoms with Gasteiger partial charge in [0.2, 0.25) is 5.91 Å². The highest BCUT2D eigenvalue weighted by Gasteiger charge is 2.57. The normalized spacial score (nSPS) is 25.4. The van der Waals surface area contributed by atoms with Crippen LogP contribution in [0.4, 0.5) is 5.69 Å². The van der Waals surface area contributed by atoms with E-state index in [-0.39, 0.29) is 18.8 Å². The monoisotopic (exact) mass is 353 g/mol.